The van der Waals surface area contributed by atoms with Gasteiger partial charge in [0.2, 0.25) is 10.0 Å². The van der Waals surface area contributed by atoms with Gasteiger partial charge in [-0.25, -0.2) is 13.1 Å². The molecule has 0 saturated carbocycles. The number of hydrogen-bond donors (Lipinski definition) is 3. The van der Waals surface area contributed by atoms with Gasteiger partial charge < -0.3 is 10.3 Å². The molecule has 4 aromatic rings. The highest BCUT2D eigenvalue weighted by Gasteiger charge is 2.19. The van der Waals surface area contributed by atoms with E-state index in [1.54, 1.807) is 19.1 Å². The van der Waals surface area contributed by atoms with E-state index in [2.05, 4.69) is 15.0 Å². The molecule has 4 rings (SSSR count). The first-order valence-electron chi connectivity index (χ1n) is 10.4. The third-order valence-electron chi connectivity index (χ3n) is 5.39. The average molecular weight is 448 g/mol. The summed E-state index contributed by atoms with van der Waals surface area (Å²) in [7, 11) is -3.78. The molecule has 3 N–H and O–H groups in total. The summed E-state index contributed by atoms with van der Waals surface area (Å²) in [6, 6.07) is 23.0. The Morgan fingerprint density at radius 3 is 2.53 bits per heavy atom. The van der Waals surface area contributed by atoms with Crippen molar-refractivity contribution in [1.29, 1.82) is 0 Å². The zero-order valence-corrected chi connectivity index (χ0v) is 18.5. The van der Waals surface area contributed by atoms with Gasteiger partial charge in [0.25, 0.3) is 5.91 Å². The lowest BCUT2D eigenvalue weighted by Gasteiger charge is -2.15. The summed E-state index contributed by atoms with van der Waals surface area (Å²) in [5, 5.41) is 4.01. The third-order valence-corrected chi connectivity index (χ3v) is 6.93. The van der Waals surface area contributed by atoms with Gasteiger partial charge in [-0.1, -0.05) is 54.6 Å². The van der Waals surface area contributed by atoms with Crippen molar-refractivity contribution in [3.05, 3.63) is 102 Å². The molecular formula is C25H25N3O3S. The monoisotopic (exact) mass is 447 g/mol. The molecule has 0 fully saturated rings. The van der Waals surface area contributed by atoms with Gasteiger partial charge in [-0.2, -0.15) is 0 Å². The number of para-hydroxylation sites is 1. The molecule has 1 heterocycles. The van der Waals surface area contributed by atoms with Crippen LogP contribution in [0.25, 0.3) is 10.9 Å². The van der Waals surface area contributed by atoms with Crippen LogP contribution in [0.2, 0.25) is 0 Å². The van der Waals surface area contributed by atoms with Crippen LogP contribution in [0.5, 0.6) is 0 Å². The number of aromatic amines is 1. The van der Waals surface area contributed by atoms with Gasteiger partial charge in [-0.05, 0) is 48.7 Å². The van der Waals surface area contributed by atoms with Gasteiger partial charge in [0.05, 0.1) is 4.90 Å². The van der Waals surface area contributed by atoms with Crippen molar-refractivity contribution < 1.29 is 13.2 Å². The summed E-state index contributed by atoms with van der Waals surface area (Å²) >= 11 is 0. The number of fused-ring (bicyclic) bond motifs is 1. The fraction of sp³-hybridized carbons (Fsp3) is 0.160. The van der Waals surface area contributed by atoms with Crippen LogP contribution in [0.3, 0.4) is 0 Å². The molecule has 0 aliphatic carbocycles. The standard InChI is InChI=1S/C25H25N3O3S/c1-18(19-8-3-2-4-9-19)28-32(30,31)22-11-7-10-20(16-22)25(29)26-15-14-21-17-27-24-13-6-5-12-23(21)24/h2-13,16-18,27-28H,14-15H2,1H3,(H,26,29)/t18-/m0/s1. The summed E-state index contributed by atoms with van der Waals surface area (Å²) < 4.78 is 28.3. The lowest BCUT2D eigenvalue weighted by Crippen LogP contribution is -2.28. The van der Waals surface area contributed by atoms with Crippen LogP contribution >= 0.6 is 0 Å². The molecule has 0 radical (unpaired) electrons. The first-order chi connectivity index (χ1) is 15.4. The van der Waals surface area contributed by atoms with Gasteiger partial charge in [0, 0.05) is 35.2 Å². The van der Waals surface area contributed by atoms with Crippen molar-refractivity contribution in [2.75, 3.05) is 6.54 Å². The Morgan fingerprint density at radius 2 is 1.72 bits per heavy atom. The normalized spacial score (nSPS) is 12.5. The second-order valence-electron chi connectivity index (χ2n) is 7.65. The van der Waals surface area contributed by atoms with E-state index < -0.39 is 16.1 Å². The fourth-order valence-electron chi connectivity index (χ4n) is 3.67. The highest BCUT2D eigenvalue weighted by atomic mass is 32.2. The second kappa shape index (κ2) is 9.38. The maximum absolute atomic E-state index is 12.8. The van der Waals surface area contributed by atoms with Crippen LogP contribution < -0.4 is 10.0 Å². The number of nitrogens with one attached hydrogen (secondary N) is 3. The summed E-state index contributed by atoms with van der Waals surface area (Å²) in [4.78, 5) is 15.9. The predicted octanol–water partition coefficient (Wildman–Crippen LogP) is 4.18. The molecule has 164 valence electrons. The Labute approximate surface area is 187 Å². The minimum absolute atomic E-state index is 0.0598. The number of carbonyl (C=O) groups is 1. The third kappa shape index (κ3) is 4.90. The van der Waals surface area contributed by atoms with Gasteiger partial charge in [-0.3, -0.25) is 4.79 Å². The van der Waals surface area contributed by atoms with Crippen LogP contribution in [0.4, 0.5) is 0 Å². The molecule has 1 atom stereocenters. The highest BCUT2D eigenvalue weighted by molar-refractivity contribution is 7.89. The fourth-order valence-corrected chi connectivity index (χ4v) is 4.94. The van der Waals surface area contributed by atoms with Crippen molar-refractivity contribution in [3.63, 3.8) is 0 Å². The number of amides is 1. The topological polar surface area (TPSA) is 91.1 Å². The van der Waals surface area contributed by atoms with Crippen LogP contribution in [0.1, 0.15) is 34.5 Å². The molecule has 0 saturated heterocycles. The van der Waals surface area contributed by atoms with E-state index in [-0.39, 0.29) is 10.8 Å². The number of carbonyl (C=O) groups excluding carboxylic acids is 1. The predicted molar refractivity (Wildman–Crippen MR) is 126 cm³/mol. The number of rotatable bonds is 8. The Hall–Kier alpha value is -3.42. The molecule has 7 heteroatoms. The smallest absolute Gasteiger partial charge is 0.251 e. The Bertz CT molecular complexity index is 1330. The van der Waals surface area contributed by atoms with E-state index in [1.165, 1.54) is 12.1 Å². The molecule has 1 amide bonds. The average Bonchev–Trinajstić information content (AvgIpc) is 3.22. The molecule has 1 aromatic heterocycles. The number of benzene rings is 3. The molecule has 0 bridgehead atoms. The second-order valence-corrected chi connectivity index (χ2v) is 9.36. The SMILES string of the molecule is C[C@H](NS(=O)(=O)c1cccc(C(=O)NCCc2c[nH]c3ccccc23)c1)c1ccccc1. The Morgan fingerprint density at radius 1 is 0.969 bits per heavy atom. The maximum atomic E-state index is 12.8. The van der Waals surface area contributed by atoms with Crippen LogP contribution in [-0.4, -0.2) is 25.9 Å². The van der Waals surface area contributed by atoms with Gasteiger partial charge in [-0.15, -0.1) is 0 Å². The molecule has 0 unspecified atom stereocenters. The molecule has 32 heavy (non-hydrogen) atoms. The van der Waals surface area contributed by atoms with Crippen molar-refractivity contribution >= 4 is 26.8 Å². The number of aromatic nitrogens is 1. The van der Waals surface area contributed by atoms with Crippen molar-refractivity contribution in [2.24, 2.45) is 0 Å². The molecule has 0 aliphatic heterocycles. The first-order valence-corrected chi connectivity index (χ1v) is 11.9. The highest BCUT2D eigenvalue weighted by Crippen LogP contribution is 2.19. The zero-order valence-electron chi connectivity index (χ0n) is 17.7. The molecule has 0 aliphatic rings. The van der Waals surface area contributed by atoms with E-state index in [4.69, 9.17) is 0 Å². The van der Waals surface area contributed by atoms with E-state index in [0.29, 0.717) is 18.5 Å². The van der Waals surface area contributed by atoms with Crippen LogP contribution in [0.15, 0.2) is 90.0 Å². The van der Waals surface area contributed by atoms with E-state index in [1.807, 2.05) is 60.8 Å². The number of hydrogen-bond acceptors (Lipinski definition) is 3. The lowest BCUT2D eigenvalue weighted by molar-refractivity contribution is 0.0954. The summed E-state index contributed by atoms with van der Waals surface area (Å²) in [5.41, 5.74) is 3.35. The zero-order chi connectivity index (χ0) is 22.6. The van der Waals surface area contributed by atoms with Crippen molar-refractivity contribution in [1.82, 2.24) is 15.0 Å². The molecule has 6 nitrogen and oxygen atoms in total. The van der Waals surface area contributed by atoms with E-state index in [9.17, 15) is 13.2 Å². The number of H-pyrrole nitrogens is 1. The molecule has 0 spiro atoms. The number of sulfonamides is 1. The van der Waals surface area contributed by atoms with E-state index >= 15 is 0 Å². The lowest BCUT2D eigenvalue weighted by atomic mass is 10.1. The van der Waals surface area contributed by atoms with Crippen LogP contribution in [0, 0.1) is 0 Å². The Balaban J connectivity index is 1.41. The molecular weight excluding hydrogens is 422 g/mol. The van der Waals surface area contributed by atoms with E-state index in [0.717, 1.165) is 22.0 Å². The van der Waals surface area contributed by atoms with Gasteiger partial charge in [0.15, 0.2) is 0 Å². The molecule has 3 aromatic carbocycles. The quantitative estimate of drug-likeness (QED) is 0.378. The van der Waals surface area contributed by atoms with Crippen molar-refractivity contribution in [3.8, 4) is 0 Å². The largest absolute Gasteiger partial charge is 0.361 e. The summed E-state index contributed by atoms with van der Waals surface area (Å²) in [5.74, 6) is -0.307. The van der Waals surface area contributed by atoms with Crippen molar-refractivity contribution in [2.45, 2.75) is 24.3 Å². The summed E-state index contributed by atoms with van der Waals surface area (Å²) in [6.07, 6.45) is 2.62. The van der Waals surface area contributed by atoms with Gasteiger partial charge >= 0.3 is 0 Å². The minimum Gasteiger partial charge on any atom is -0.361 e. The minimum atomic E-state index is -3.78. The van der Waals surface area contributed by atoms with Crippen LogP contribution in [-0.2, 0) is 16.4 Å². The Kier molecular flexibility index (Phi) is 6.39. The first kappa shape index (κ1) is 21.8. The van der Waals surface area contributed by atoms with Gasteiger partial charge in [0.1, 0.15) is 0 Å². The maximum Gasteiger partial charge on any atom is 0.251 e. The summed E-state index contributed by atoms with van der Waals surface area (Å²) in [6.45, 7) is 2.23.